The van der Waals surface area contributed by atoms with Crippen LogP contribution in [0.5, 0.6) is 0 Å². The summed E-state index contributed by atoms with van der Waals surface area (Å²) >= 11 is 3.23. The van der Waals surface area contributed by atoms with Gasteiger partial charge in [0.25, 0.3) is 0 Å². The number of epoxide rings is 1. The summed E-state index contributed by atoms with van der Waals surface area (Å²) in [5.41, 5.74) is 0. The van der Waals surface area contributed by atoms with Crippen molar-refractivity contribution in [3.05, 3.63) is 0 Å². The number of rotatable bonds is 0. The van der Waals surface area contributed by atoms with Gasteiger partial charge in [0.2, 0.25) is 0 Å². The van der Waals surface area contributed by atoms with Gasteiger partial charge in [0, 0.05) is 0 Å². The molecule has 0 aromatic rings. The Morgan fingerprint density at radius 3 is 2.00 bits per heavy atom. The van der Waals surface area contributed by atoms with Crippen LogP contribution < -0.4 is 0 Å². The summed E-state index contributed by atoms with van der Waals surface area (Å²) < 4.78 is 4.83. The van der Waals surface area contributed by atoms with E-state index in [0.717, 1.165) is 0 Å². The molecule has 1 nitrogen and oxygen atoms in total. The third kappa shape index (κ3) is 0.637. The van der Waals surface area contributed by atoms with Crippen molar-refractivity contribution >= 4 is 15.9 Å². The highest BCUT2D eigenvalue weighted by Gasteiger charge is 2.30. The van der Waals surface area contributed by atoms with Crippen LogP contribution >= 0.6 is 15.9 Å². The number of hydrogen-bond donors (Lipinski definition) is 0. The molecule has 0 amide bonds. The summed E-state index contributed by atoms with van der Waals surface area (Å²) in [4.78, 5) is 0. The Hall–Kier alpha value is 0.440. The van der Waals surface area contributed by atoms with Gasteiger partial charge in [0.15, 0.2) is 0 Å². The van der Waals surface area contributed by atoms with E-state index in [1.165, 1.54) is 0 Å². The van der Waals surface area contributed by atoms with E-state index in [9.17, 15) is 0 Å². The Kier molecular flexibility index (Phi) is 0.688. The summed E-state index contributed by atoms with van der Waals surface area (Å²) in [6.07, 6.45) is 0.468. The Labute approximate surface area is 39.4 Å². The summed E-state index contributed by atoms with van der Waals surface area (Å²) in [5.74, 6) is 0. The SMILES string of the molecule is CC1OC1Br. The van der Waals surface area contributed by atoms with Crippen LogP contribution in [-0.2, 0) is 4.74 Å². The minimum atomic E-state index is 0.363. The molecule has 2 heteroatoms. The molecule has 1 aliphatic rings. The lowest BCUT2D eigenvalue weighted by molar-refractivity contribution is 0.415. The van der Waals surface area contributed by atoms with Crippen LogP contribution in [-0.4, -0.2) is 11.1 Å². The molecule has 0 radical (unpaired) electrons. The molecule has 2 unspecified atom stereocenters. The van der Waals surface area contributed by atoms with E-state index in [4.69, 9.17) is 4.74 Å². The molecular weight excluding hydrogens is 132 g/mol. The molecule has 1 aliphatic heterocycles. The van der Waals surface area contributed by atoms with E-state index in [0.29, 0.717) is 11.1 Å². The average Bonchev–Trinajstić information content (AvgIpc) is 1.79. The number of hydrogen-bond acceptors (Lipinski definition) is 1. The molecular formula is C3H5BrO. The lowest BCUT2D eigenvalue weighted by Crippen LogP contribution is -1.68. The summed E-state index contributed by atoms with van der Waals surface area (Å²) in [6.45, 7) is 2.03. The quantitative estimate of drug-likeness (QED) is 0.360. The molecule has 0 bridgehead atoms. The first-order chi connectivity index (χ1) is 2.30. The maximum Gasteiger partial charge on any atom is 0.138 e. The van der Waals surface area contributed by atoms with E-state index in [1.54, 1.807) is 0 Å². The predicted molar refractivity (Wildman–Crippen MR) is 23.3 cm³/mol. The van der Waals surface area contributed by atoms with Crippen LogP contribution in [0, 0.1) is 0 Å². The molecule has 0 aromatic heterocycles. The zero-order chi connectivity index (χ0) is 3.86. The minimum absolute atomic E-state index is 0.363. The molecule has 0 aromatic carbocycles. The van der Waals surface area contributed by atoms with E-state index >= 15 is 0 Å². The van der Waals surface area contributed by atoms with Gasteiger partial charge < -0.3 is 4.74 Å². The molecule has 2 atom stereocenters. The number of ether oxygens (including phenoxy) is 1. The Morgan fingerprint density at radius 2 is 2.00 bits per heavy atom. The summed E-state index contributed by atoms with van der Waals surface area (Å²) in [6, 6.07) is 0. The maximum absolute atomic E-state index is 4.83. The molecule has 5 heavy (non-hydrogen) atoms. The fourth-order valence-corrected chi connectivity index (χ4v) is 0.500. The third-order valence-electron chi connectivity index (χ3n) is 0.637. The standard InChI is InChI=1S/C3H5BrO/c1-2-3(4)5-2/h2-3H,1H3. The van der Waals surface area contributed by atoms with Gasteiger partial charge in [0.1, 0.15) is 5.01 Å². The summed E-state index contributed by atoms with van der Waals surface area (Å²) in [7, 11) is 0. The van der Waals surface area contributed by atoms with Crippen molar-refractivity contribution < 1.29 is 4.74 Å². The van der Waals surface area contributed by atoms with Crippen molar-refractivity contribution in [2.24, 2.45) is 0 Å². The first-order valence-electron chi connectivity index (χ1n) is 1.60. The minimum Gasteiger partial charge on any atom is -0.358 e. The lowest BCUT2D eigenvalue weighted by Gasteiger charge is -1.55. The van der Waals surface area contributed by atoms with Gasteiger partial charge in [-0.1, -0.05) is 15.9 Å². The van der Waals surface area contributed by atoms with Crippen LogP contribution in [0.3, 0.4) is 0 Å². The normalized spacial score (nSPS) is 49.2. The van der Waals surface area contributed by atoms with Gasteiger partial charge in [-0.2, -0.15) is 0 Å². The van der Waals surface area contributed by atoms with Crippen LogP contribution in [0.15, 0.2) is 0 Å². The van der Waals surface area contributed by atoms with Crippen LogP contribution in [0.4, 0.5) is 0 Å². The van der Waals surface area contributed by atoms with Crippen LogP contribution in [0.25, 0.3) is 0 Å². The van der Waals surface area contributed by atoms with Crippen molar-refractivity contribution in [3.8, 4) is 0 Å². The van der Waals surface area contributed by atoms with Gasteiger partial charge in [-0.25, -0.2) is 0 Å². The second kappa shape index (κ2) is 0.949. The molecule has 0 spiro atoms. The van der Waals surface area contributed by atoms with Gasteiger partial charge in [-0.3, -0.25) is 0 Å². The highest BCUT2D eigenvalue weighted by molar-refractivity contribution is 9.09. The highest BCUT2D eigenvalue weighted by atomic mass is 79.9. The Bertz CT molecular complexity index is 40.2. The topological polar surface area (TPSA) is 12.5 Å². The van der Waals surface area contributed by atoms with E-state index in [-0.39, 0.29) is 0 Å². The fourth-order valence-electron chi connectivity index (χ4n) is 0.160. The lowest BCUT2D eigenvalue weighted by atomic mass is 10.6. The zero-order valence-electron chi connectivity index (χ0n) is 2.94. The molecule has 30 valence electrons. The fraction of sp³-hybridized carbons (Fsp3) is 1.00. The van der Waals surface area contributed by atoms with Crippen LogP contribution in [0.2, 0.25) is 0 Å². The maximum atomic E-state index is 4.83. The monoisotopic (exact) mass is 136 g/mol. The second-order valence-electron chi connectivity index (χ2n) is 1.19. The summed E-state index contributed by atoms with van der Waals surface area (Å²) in [5, 5.41) is 0.363. The Balaban J connectivity index is 2.20. The third-order valence-corrected chi connectivity index (χ3v) is 1.60. The van der Waals surface area contributed by atoms with E-state index < -0.39 is 0 Å². The zero-order valence-corrected chi connectivity index (χ0v) is 4.53. The highest BCUT2D eigenvalue weighted by Crippen LogP contribution is 2.25. The molecule has 0 N–H and O–H groups in total. The van der Waals surface area contributed by atoms with Crippen LogP contribution in [0.1, 0.15) is 6.92 Å². The average molecular weight is 137 g/mol. The molecule has 1 saturated heterocycles. The predicted octanol–water partition coefficient (Wildman–Crippen LogP) is 1.13. The number of halogens is 1. The van der Waals surface area contributed by atoms with Gasteiger partial charge in [0.05, 0.1) is 6.10 Å². The molecule has 1 fully saturated rings. The molecule has 0 aliphatic carbocycles. The first kappa shape index (κ1) is 3.62. The number of alkyl halides is 1. The Morgan fingerprint density at radius 1 is 1.80 bits per heavy atom. The second-order valence-corrected chi connectivity index (χ2v) is 2.09. The van der Waals surface area contributed by atoms with Crippen molar-refractivity contribution in [1.82, 2.24) is 0 Å². The largest absolute Gasteiger partial charge is 0.358 e. The van der Waals surface area contributed by atoms with E-state index in [1.807, 2.05) is 6.92 Å². The van der Waals surface area contributed by atoms with Gasteiger partial charge in [-0.15, -0.1) is 0 Å². The van der Waals surface area contributed by atoms with Gasteiger partial charge >= 0.3 is 0 Å². The van der Waals surface area contributed by atoms with Crippen molar-refractivity contribution in [1.29, 1.82) is 0 Å². The molecule has 1 rings (SSSR count). The first-order valence-corrected chi connectivity index (χ1v) is 2.52. The molecule has 0 saturated carbocycles. The van der Waals surface area contributed by atoms with Crippen molar-refractivity contribution in [2.45, 2.75) is 18.0 Å². The molecule has 1 heterocycles. The smallest absolute Gasteiger partial charge is 0.138 e. The van der Waals surface area contributed by atoms with Gasteiger partial charge in [-0.05, 0) is 6.92 Å². The van der Waals surface area contributed by atoms with Crippen molar-refractivity contribution in [3.63, 3.8) is 0 Å². The van der Waals surface area contributed by atoms with E-state index in [2.05, 4.69) is 15.9 Å². The van der Waals surface area contributed by atoms with Crippen molar-refractivity contribution in [2.75, 3.05) is 0 Å².